The molecule has 3 rings (SSSR count). The number of benzene rings is 1. The summed E-state index contributed by atoms with van der Waals surface area (Å²) in [5.74, 6) is 0.530. The van der Waals surface area contributed by atoms with Crippen LogP contribution < -0.4 is 15.4 Å². The third-order valence-corrected chi connectivity index (χ3v) is 4.09. The highest BCUT2D eigenvalue weighted by molar-refractivity contribution is 6.32. The molecule has 0 bridgehead atoms. The SMILES string of the molecule is CCNC1C(=O)Nc2cc(OCC3CCCO3)c(Cl)cc21. The Hall–Kier alpha value is -1.30. The molecule has 1 amide bonds. The van der Waals surface area contributed by atoms with Crippen molar-refractivity contribution >= 4 is 23.2 Å². The van der Waals surface area contributed by atoms with Crippen molar-refractivity contribution in [3.63, 3.8) is 0 Å². The molecule has 2 aliphatic heterocycles. The molecule has 2 unspecified atom stereocenters. The number of hydrogen-bond acceptors (Lipinski definition) is 4. The van der Waals surface area contributed by atoms with Gasteiger partial charge in [0.25, 0.3) is 0 Å². The Kier molecular flexibility index (Phi) is 4.33. The average molecular weight is 311 g/mol. The number of nitrogens with one attached hydrogen (secondary N) is 2. The van der Waals surface area contributed by atoms with Crippen LogP contribution in [0.5, 0.6) is 5.75 Å². The fourth-order valence-corrected chi connectivity index (χ4v) is 2.96. The van der Waals surface area contributed by atoms with Crippen molar-refractivity contribution in [3.05, 3.63) is 22.7 Å². The van der Waals surface area contributed by atoms with Gasteiger partial charge in [-0.15, -0.1) is 0 Å². The molecule has 2 atom stereocenters. The van der Waals surface area contributed by atoms with Crippen LogP contribution in [0.2, 0.25) is 5.02 Å². The van der Waals surface area contributed by atoms with Gasteiger partial charge in [0.1, 0.15) is 18.4 Å². The molecular weight excluding hydrogens is 292 g/mol. The second-order valence-electron chi connectivity index (χ2n) is 5.30. The molecule has 2 N–H and O–H groups in total. The lowest BCUT2D eigenvalue weighted by atomic mass is 10.1. The molecule has 0 radical (unpaired) electrons. The van der Waals surface area contributed by atoms with Gasteiger partial charge in [-0.3, -0.25) is 4.79 Å². The monoisotopic (exact) mass is 310 g/mol. The minimum Gasteiger partial charge on any atom is -0.489 e. The van der Waals surface area contributed by atoms with E-state index in [-0.39, 0.29) is 18.1 Å². The lowest BCUT2D eigenvalue weighted by molar-refractivity contribution is -0.117. The molecule has 6 heteroatoms. The van der Waals surface area contributed by atoms with Crippen molar-refractivity contribution < 1.29 is 14.3 Å². The maximum atomic E-state index is 11.9. The summed E-state index contributed by atoms with van der Waals surface area (Å²) in [6.45, 7) is 3.97. The lowest BCUT2D eigenvalue weighted by Gasteiger charge is -2.14. The Bertz CT molecular complexity index is 544. The largest absolute Gasteiger partial charge is 0.489 e. The Morgan fingerprint density at radius 2 is 2.38 bits per heavy atom. The van der Waals surface area contributed by atoms with E-state index in [1.54, 1.807) is 12.1 Å². The number of halogens is 1. The predicted octanol–water partition coefficient (Wildman–Crippen LogP) is 2.50. The number of hydrogen-bond donors (Lipinski definition) is 2. The fraction of sp³-hybridized carbons (Fsp3) is 0.533. The number of carbonyl (C=O) groups is 1. The standard InChI is InChI=1S/C15H19ClN2O3/c1-2-17-14-10-6-11(16)13(7-12(10)18-15(14)19)21-8-9-4-3-5-20-9/h6-7,9,14,17H,2-5,8H2,1H3,(H,18,19). The highest BCUT2D eigenvalue weighted by atomic mass is 35.5. The molecule has 0 aromatic heterocycles. The van der Waals surface area contributed by atoms with Crippen LogP contribution in [0.4, 0.5) is 5.69 Å². The number of fused-ring (bicyclic) bond motifs is 1. The quantitative estimate of drug-likeness (QED) is 0.877. The maximum Gasteiger partial charge on any atom is 0.246 e. The number of rotatable bonds is 5. The summed E-state index contributed by atoms with van der Waals surface area (Å²) in [5.41, 5.74) is 1.63. The van der Waals surface area contributed by atoms with Crippen LogP contribution in [-0.4, -0.2) is 31.8 Å². The van der Waals surface area contributed by atoms with Crippen molar-refractivity contribution in [2.24, 2.45) is 0 Å². The molecule has 5 nitrogen and oxygen atoms in total. The van der Waals surface area contributed by atoms with Crippen LogP contribution in [0.1, 0.15) is 31.4 Å². The molecule has 0 saturated carbocycles. The van der Waals surface area contributed by atoms with E-state index in [9.17, 15) is 4.79 Å². The highest BCUT2D eigenvalue weighted by Gasteiger charge is 2.31. The first-order valence-electron chi connectivity index (χ1n) is 7.31. The Labute approximate surface area is 128 Å². The average Bonchev–Trinajstić information content (AvgIpc) is 3.07. The maximum absolute atomic E-state index is 11.9. The van der Waals surface area contributed by atoms with Crippen molar-refractivity contribution in [1.29, 1.82) is 0 Å². The Balaban J connectivity index is 1.75. The van der Waals surface area contributed by atoms with Gasteiger partial charge in [-0.05, 0) is 25.5 Å². The van der Waals surface area contributed by atoms with Crippen molar-refractivity contribution in [1.82, 2.24) is 5.32 Å². The predicted molar refractivity (Wildman–Crippen MR) is 81.0 cm³/mol. The minimum atomic E-state index is -0.338. The van der Waals surface area contributed by atoms with E-state index in [0.29, 0.717) is 23.9 Å². The van der Waals surface area contributed by atoms with Crippen LogP contribution >= 0.6 is 11.6 Å². The van der Waals surface area contributed by atoms with Gasteiger partial charge in [0.05, 0.1) is 11.1 Å². The third kappa shape index (κ3) is 3.00. The first-order valence-corrected chi connectivity index (χ1v) is 7.69. The van der Waals surface area contributed by atoms with Gasteiger partial charge < -0.3 is 20.1 Å². The van der Waals surface area contributed by atoms with Gasteiger partial charge in [-0.1, -0.05) is 18.5 Å². The summed E-state index contributed by atoms with van der Waals surface area (Å²) in [6.07, 6.45) is 2.23. The van der Waals surface area contributed by atoms with Gasteiger partial charge in [0.15, 0.2) is 0 Å². The zero-order chi connectivity index (χ0) is 14.8. The molecule has 1 saturated heterocycles. The normalized spacial score (nSPS) is 24.0. The molecule has 21 heavy (non-hydrogen) atoms. The Morgan fingerprint density at radius 3 is 3.10 bits per heavy atom. The zero-order valence-corrected chi connectivity index (χ0v) is 12.7. The van der Waals surface area contributed by atoms with E-state index in [2.05, 4.69) is 10.6 Å². The topological polar surface area (TPSA) is 59.6 Å². The molecule has 114 valence electrons. The summed E-state index contributed by atoms with van der Waals surface area (Å²) in [4.78, 5) is 11.9. The summed E-state index contributed by atoms with van der Waals surface area (Å²) < 4.78 is 11.3. The summed E-state index contributed by atoms with van der Waals surface area (Å²) in [5, 5.41) is 6.52. The van der Waals surface area contributed by atoms with Gasteiger partial charge in [0, 0.05) is 23.9 Å². The summed E-state index contributed by atoms with van der Waals surface area (Å²) >= 11 is 6.27. The minimum absolute atomic E-state index is 0.0563. The van der Waals surface area contributed by atoms with Crippen LogP contribution in [0.3, 0.4) is 0 Å². The fourth-order valence-electron chi connectivity index (χ4n) is 2.74. The van der Waals surface area contributed by atoms with Gasteiger partial charge in [0.2, 0.25) is 5.91 Å². The summed E-state index contributed by atoms with van der Waals surface area (Å²) in [7, 11) is 0. The molecule has 2 heterocycles. The van der Waals surface area contributed by atoms with Crippen molar-refractivity contribution in [2.45, 2.75) is 31.9 Å². The van der Waals surface area contributed by atoms with E-state index < -0.39 is 0 Å². The molecule has 1 fully saturated rings. The third-order valence-electron chi connectivity index (χ3n) is 3.79. The smallest absolute Gasteiger partial charge is 0.246 e. The number of carbonyl (C=O) groups excluding carboxylic acids is 1. The first kappa shape index (κ1) is 14.6. The van der Waals surface area contributed by atoms with Crippen molar-refractivity contribution in [2.75, 3.05) is 25.1 Å². The first-order chi connectivity index (χ1) is 10.2. The number of likely N-dealkylation sites (N-methyl/N-ethyl adjacent to an activating group) is 1. The van der Waals surface area contributed by atoms with E-state index in [4.69, 9.17) is 21.1 Å². The number of anilines is 1. The van der Waals surface area contributed by atoms with Gasteiger partial charge in [-0.2, -0.15) is 0 Å². The van der Waals surface area contributed by atoms with Gasteiger partial charge >= 0.3 is 0 Å². The van der Waals surface area contributed by atoms with Gasteiger partial charge in [-0.25, -0.2) is 0 Å². The van der Waals surface area contributed by atoms with E-state index in [1.807, 2.05) is 6.92 Å². The van der Waals surface area contributed by atoms with E-state index in [1.165, 1.54) is 0 Å². The second-order valence-corrected chi connectivity index (χ2v) is 5.70. The summed E-state index contributed by atoms with van der Waals surface area (Å²) in [6, 6.07) is 3.25. The Morgan fingerprint density at radius 1 is 1.52 bits per heavy atom. The molecule has 1 aromatic carbocycles. The molecule has 0 spiro atoms. The zero-order valence-electron chi connectivity index (χ0n) is 11.9. The highest BCUT2D eigenvalue weighted by Crippen LogP contribution is 2.38. The van der Waals surface area contributed by atoms with Crippen LogP contribution in [0, 0.1) is 0 Å². The molecule has 1 aromatic rings. The van der Waals surface area contributed by atoms with Crippen LogP contribution in [-0.2, 0) is 9.53 Å². The second kappa shape index (κ2) is 6.22. The van der Waals surface area contributed by atoms with Crippen LogP contribution in [0.25, 0.3) is 0 Å². The molecular formula is C15H19ClN2O3. The van der Waals surface area contributed by atoms with E-state index in [0.717, 1.165) is 30.7 Å². The van der Waals surface area contributed by atoms with E-state index >= 15 is 0 Å². The molecule has 0 aliphatic carbocycles. The molecule has 2 aliphatic rings. The van der Waals surface area contributed by atoms with Crippen LogP contribution in [0.15, 0.2) is 12.1 Å². The number of amides is 1. The van der Waals surface area contributed by atoms with Crippen molar-refractivity contribution in [3.8, 4) is 5.75 Å². The lowest BCUT2D eigenvalue weighted by Crippen LogP contribution is -2.27. The number of ether oxygens (including phenoxy) is 2.